The molecule has 9 heteroatoms. The van der Waals surface area contributed by atoms with Gasteiger partial charge in [0.2, 0.25) is 0 Å². The first-order chi connectivity index (χ1) is 21.7. The first kappa shape index (κ1) is 34.1. The van der Waals surface area contributed by atoms with Crippen LogP contribution in [0.15, 0.2) is 60.7 Å². The van der Waals surface area contributed by atoms with Crippen molar-refractivity contribution in [1.82, 2.24) is 4.90 Å². The van der Waals surface area contributed by atoms with Crippen molar-refractivity contribution in [1.29, 1.82) is 0 Å². The number of fused-ring (bicyclic) bond motifs is 1. The third kappa shape index (κ3) is 10.4. The molecule has 1 saturated heterocycles. The summed E-state index contributed by atoms with van der Waals surface area (Å²) in [5.74, 6) is -3.26. The number of carbonyl (C=O) groups excluding carboxylic acids is 1. The fourth-order valence-corrected chi connectivity index (χ4v) is 5.68. The van der Waals surface area contributed by atoms with Crippen molar-refractivity contribution in [3.63, 3.8) is 0 Å². The molecule has 0 saturated carbocycles. The maximum atomic E-state index is 13.5. The molecule has 0 bridgehead atoms. The number of nitrogens with zero attached hydrogens (tertiary/aromatic N) is 1. The maximum Gasteiger partial charge on any atom is 0.336 e. The Morgan fingerprint density at radius 2 is 1.49 bits per heavy atom. The molecule has 1 aliphatic rings. The van der Waals surface area contributed by atoms with Gasteiger partial charge in [-0.3, -0.25) is 4.79 Å². The monoisotopic (exact) mass is 619 g/mol. The van der Waals surface area contributed by atoms with E-state index in [1.54, 1.807) is 4.90 Å². The quantitative estimate of drug-likeness (QED) is 0.194. The van der Waals surface area contributed by atoms with Crippen LogP contribution in [0.1, 0.15) is 54.4 Å². The molecule has 9 nitrogen and oxygen atoms in total. The highest BCUT2D eigenvalue weighted by Crippen LogP contribution is 2.20. The number of carboxylic acid groups (broad SMARTS) is 2. The second kappa shape index (κ2) is 17.1. The number of hydrogen-bond acceptors (Lipinski definition) is 6. The molecule has 0 spiro atoms. The summed E-state index contributed by atoms with van der Waals surface area (Å²) in [7, 11) is 0. The van der Waals surface area contributed by atoms with Gasteiger partial charge in [0.15, 0.2) is 12.2 Å². The summed E-state index contributed by atoms with van der Waals surface area (Å²) in [5, 5.41) is 21.3. The minimum absolute atomic E-state index is 0.00952. The molecule has 0 radical (unpaired) electrons. The number of benzene rings is 3. The van der Waals surface area contributed by atoms with E-state index >= 15 is 0 Å². The highest BCUT2D eigenvalue weighted by atomic mass is 16.6. The summed E-state index contributed by atoms with van der Waals surface area (Å²) in [6.07, 6.45) is 2.16. The van der Waals surface area contributed by atoms with Crippen LogP contribution >= 0.6 is 0 Å². The molecule has 0 aliphatic carbocycles. The summed E-state index contributed by atoms with van der Waals surface area (Å²) >= 11 is 0. The molecule has 242 valence electrons. The van der Waals surface area contributed by atoms with Crippen molar-refractivity contribution < 1.29 is 38.8 Å². The minimum Gasteiger partial charge on any atom is -0.480 e. The van der Waals surface area contributed by atoms with Crippen LogP contribution in [0, 0.1) is 13.8 Å². The molecule has 1 aliphatic heterocycles. The topological polar surface area (TPSA) is 123 Å². The molecule has 3 aromatic carbocycles. The van der Waals surface area contributed by atoms with Crippen LogP contribution in [0.3, 0.4) is 0 Å². The zero-order chi connectivity index (χ0) is 32.2. The predicted molar refractivity (Wildman–Crippen MR) is 171 cm³/mol. The number of aliphatic carboxylic acids is 2. The number of carboxylic acids is 2. The Balaban J connectivity index is 1.25. The minimum atomic E-state index is -1.72. The van der Waals surface area contributed by atoms with E-state index in [9.17, 15) is 19.5 Å². The van der Waals surface area contributed by atoms with Crippen LogP contribution in [0.4, 0.5) is 0 Å². The van der Waals surface area contributed by atoms with E-state index in [2.05, 4.69) is 62.4 Å². The summed E-state index contributed by atoms with van der Waals surface area (Å²) < 4.78 is 17.1. The molecule has 2 N–H and O–H groups in total. The summed E-state index contributed by atoms with van der Waals surface area (Å²) in [5.41, 5.74) is 4.98. The lowest BCUT2D eigenvalue weighted by molar-refractivity contribution is -0.177. The van der Waals surface area contributed by atoms with Gasteiger partial charge in [-0.15, -0.1) is 0 Å². The van der Waals surface area contributed by atoms with Gasteiger partial charge in [0.1, 0.15) is 6.61 Å². The summed E-state index contributed by atoms with van der Waals surface area (Å²) in [6, 6.07) is 21.1. The molecule has 45 heavy (non-hydrogen) atoms. The SMILES string of the molecule is Cc1ccc(CCCCCOC(C(=O)N2CCC(OCCc3ccc4ccccc4c3)CC2)C(OCC(=O)O)C(=O)O)cc1C. The number of aryl methyl sites for hydroxylation is 3. The third-order valence-corrected chi connectivity index (χ3v) is 8.44. The fourth-order valence-electron chi connectivity index (χ4n) is 5.68. The van der Waals surface area contributed by atoms with Gasteiger partial charge in [0.25, 0.3) is 5.91 Å². The van der Waals surface area contributed by atoms with E-state index in [-0.39, 0.29) is 12.7 Å². The van der Waals surface area contributed by atoms with Crippen molar-refractivity contribution in [2.24, 2.45) is 0 Å². The number of unbranched alkanes of at least 4 members (excludes halogenated alkanes) is 2. The van der Waals surface area contributed by atoms with Gasteiger partial charge in [-0.05, 0) is 85.4 Å². The average Bonchev–Trinajstić information content (AvgIpc) is 3.03. The Kier molecular flexibility index (Phi) is 12.9. The van der Waals surface area contributed by atoms with Gasteiger partial charge in [-0.1, -0.05) is 67.1 Å². The Hall–Kier alpha value is -3.79. The number of carbonyl (C=O) groups is 3. The Bertz CT molecular complexity index is 1430. The van der Waals surface area contributed by atoms with Gasteiger partial charge in [0, 0.05) is 19.7 Å². The van der Waals surface area contributed by atoms with Crippen molar-refractivity contribution in [2.75, 3.05) is 32.9 Å². The smallest absolute Gasteiger partial charge is 0.336 e. The predicted octanol–water partition coefficient (Wildman–Crippen LogP) is 5.36. The zero-order valence-corrected chi connectivity index (χ0v) is 26.3. The van der Waals surface area contributed by atoms with E-state index in [0.717, 1.165) is 25.7 Å². The second-order valence-corrected chi connectivity index (χ2v) is 11.8. The van der Waals surface area contributed by atoms with Gasteiger partial charge in [0.05, 0.1) is 12.7 Å². The molecule has 3 aromatic rings. The van der Waals surface area contributed by atoms with Crippen molar-refractivity contribution in [2.45, 2.75) is 77.1 Å². The van der Waals surface area contributed by atoms with Crippen LogP contribution < -0.4 is 0 Å². The zero-order valence-electron chi connectivity index (χ0n) is 26.3. The molecule has 4 rings (SSSR count). The van der Waals surface area contributed by atoms with Gasteiger partial charge < -0.3 is 29.3 Å². The lowest BCUT2D eigenvalue weighted by Gasteiger charge is -2.35. The number of piperidine rings is 1. The largest absolute Gasteiger partial charge is 0.480 e. The van der Waals surface area contributed by atoms with E-state index in [0.29, 0.717) is 39.0 Å². The van der Waals surface area contributed by atoms with E-state index in [4.69, 9.17) is 19.3 Å². The van der Waals surface area contributed by atoms with Gasteiger partial charge in [-0.2, -0.15) is 0 Å². The molecule has 1 fully saturated rings. The van der Waals surface area contributed by atoms with Gasteiger partial charge >= 0.3 is 11.9 Å². The third-order valence-electron chi connectivity index (χ3n) is 8.44. The Morgan fingerprint density at radius 1 is 0.778 bits per heavy atom. The number of ether oxygens (including phenoxy) is 3. The highest BCUT2D eigenvalue weighted by molar-refractivity contribution is 5.88. The fraction of sp³-hybridized carbons (Fsp3) is 0.472. The molecular formula is C36H45NO8. The lowest BCUT2D eigenvalue weighted by atomic mass is 10.0. The van der Waals surface area contributed by atoms with Crippen molar-refractivity contribution in [3.05, 3.63) is 82.9 Å². The van der Waals surface area contributed by atoms with E-state index in [1.807, 2.05) is 12.1 Å². The second-order valence-electron chi connectivity index (χ2n) is 11.8. The number of hydrogen-bond donors (Lipinski definition) is 2. The normalized spacial score (nSPS) is 15.2. The highest BCUT2D eigenvalue weighted by Gasteiger charge is 2.39. The molecule has 1 amide bonds. The Morgan fingerprint density at radius 3 is 2.20 bits per heavy atom. The van der Waals surface area contributed by atoms with Crippen LogP contribution in [-0.4, -0.2) is 84.2 Å². The van der Waals surface area contributed by atoms with Crippen LogP contribution in [0.25, 0.3) is 10.8 Å². The molecular weight excluding hydrogens is 574 g/mol. The summed E-state index contributed by atoms with van der Waals surface area (Å²) in [6.45, 7) is 4.85. The van der Waals surface area contributed by atoms with Crippen molar-refractivity contribution >= 4 is 28.6 Å². The number of likely N-dealkylation sites (tertiary alicyclic amines) is 1. The average molecular weight is 620 g/mol. The maximum absolute atomic E-state index is 13.5. The van der Waals surface area contributed by atoms with E-state index in [1.165, 1.54) is 33.0 Å². The first-order valence-electron chi connectivity index (χ1n) is 15.8. The first-order valence-corrected chi connectivity index (χ1v) is 15.8. The lowest BCUT2D eigenvalue weighted by Crippen LogP contribution is -2.53. The Labute approximate surface area is 265 Å². The molecule has 1 heterocycles. The van der Waals surface area contributed by atoms with Crippen LogP contribution in [0.2, 0.25) is 0 Å². The molecule has 2 atom stereocenters. The van der Waals surface area contributed by atoms with Gasteiger partial charge in [-0.25, -0.2) is 9.59 Å². The van der Waals surface area contributed by atoms with Crippen LogP contribution in [0.5, 0.6) is 0 Å². The van der Waals surface area contributed by atoms with Crippen molar-refractivity contribution in [3.8, 4) is 0 Å². The standard InChI is InChI=1S/C36H45NO8/c1-25-11-12-27(22-26(25)2)8-4-3-7-20-44-33(34(36(41)42)45-24-32(38)39)35(40)37-18-15-31(16-19-37)43-21-17-28-13-14-29-9-5-6-10-30(29)23-28/h5-6,9-14,22-23,31,33-34H,3-4,7-8,15-21,24H2,1-2H3,(H,38,39)(H,41,42). The summed E-state index contributed by atoms with van der Waals surface area (Å²) in [4.78, 5) is 38.3. The molecule has 2 unspecified atom stereocenters. The van der Waals surface area contributed by atoms with E-state index < -0.39 is 36.7 Å². The van der Waals surface area contributed by atoms with Crippen LogP contribution in [-0.2, 0) is 41.4 Å². The molecule has 0 aromatic heterocycles. The number of rotatable bonds is 17. The number of amides is 1.